The van der Waals surface area contributed by atoms with Crippen molar-refractivity contribution in [3.63, 3.8) is 0 Å². The molecule has 6 aromatic rings. The molecule has 1 aliphatic rings. The van der Waals surface area contributed by atoms with Crippen molar-refractivity contribution in [2.45, 2.75) is 197 Å². The summed E-state index contributed by atoms with van der Waals surface area (Å²) in [5, 5.41) is 0. The van der Waals surface area contributed by atoms with E-state index in [0.717, 1.165) is 25.7 Å². The van der Waals surface area contributed by atoms with Gasteiger partial charge < -0.3 is 9.80 Å². The van der Waals surface area contributed by atoms with Crippen molar-refractivity contribution in [3.8, 4) is 11.1 Å². The Morgan fingerprint density at radius 1 is 0.353 bits per heavy atom. The zero-order chi connectivity index (χ0) is 50.1. The van der Waals surface area contributed by atoms with Crippen LogP contribution in [0.4, 0.5) is 34.1 Å². The minimum atomic E-state index is -0.207. The van der Waals surface area contributed by atoms with Crippen LogP contribution in [0, 0.1) is 27.7 Å². The maximum absolute atomic E-state index is 2.54. The average Bonchev–Trinajstić information content (AvgIpc) is 3.29. The first-order chi connectivity index (χ1) is 31.7. The third-order valence-corrected chi connectivity index (χ3v) is 17.6. The van der Waals surface area contributed by atoms with Crippen LogP contribution in [0.25, 0.3) is 11.1 Å². The Morgan fingerprint density at radius 3 is 0.868 bits per heavy atom. The van der Waals surface area contributed by atoms with Crippen molar-refractivity contribution < 1.29 is 0 Å². The zero-order valence-corrected chi connectivity index (χ0v) is 46.1. The molecule has 6 aromatic carbocycles. The van der Waals surface area contributed by atoms with Crippen LogP contribution in [0.1, 0.15) is 192 Å². The summed E-state index contributed by atoms with van der Waals surface area (Å²) in [4.78, 5) is 5.08. The second-order valence-electron chi connectivity index (χ2n) is 24.4. The molecule has 0 atom stereocenters. The highest BCUT2D eigenvalue weighted by Crippen LogP contribution is 2.57. The largest absolute Gasteiger partial charge is 0.310 e. The van der Waals surface area contributed by atoms with E-state index in [2.05, 4.69) is 257 Å². The molecule has 1 aliphatic carbocycles. The maximum Gasteiger partial charge on any atom is 0.0520 e. The lowest BCUT2D eigenvalue weighted by atomic mass is 9.55. The van der Waals surface area contributed by atoms with Crippen LogP contribution in [0.3, 0.4) is 0 Å². The van der Waals surface area contributed by atoms with Crippen molar-refractivity contribution in [1.29, 1.82) is 0 Å². The van der Waals surface area contributed by atoms with Crippen molar-refractivity contribution >= 4 is 34.1 Å². The van der Waals surface area contributed by atoms with E-state index in [0.29, 0.717) is 0 Å². The van der Waals surface area contributed by atoms with Crippen LogP contribution in [0.15, 0.2) is 109 Å². The first-order valence-corrected chi connectivity index (χ1v) is 26.0. The van der Waals surface area contributed by atoms with Crippen LogP contribution in [-0.2, 0) is 32.5 Å². The van der Waals surface area contributed by atoms with Gasteiger partial charge in [-0.1, -0.05) is 171 Å². The quantitative estimate of drug-likeness (QED) is 0.121. The van der Waals surface area contributed by atoms with Crippen LogP contribution < -0.4 is 9.80 Å². The Morgan fingerprint density at radius 2 is 0.618 bits per heavy atom. The molecule has 0 saturated carbocycles. The lowest BCUT2D eigenvalue weighted by Crippen LogP contribution is -2.43. The molecule has 0 radical (unpaired) electrons. The minimum Gasteiger partial charge on any atom is -0.310 e. The summed E-state index contributed by atoms with van der Waals surface area (Å²) in [7, 11) is 0. The summed E-state index contributed by atoms with van der Waals surface area (Å²) in [6.45, 7) is 47.1. The van der Waals surface area contributed by atoms with E-state index in [-0.39, 0.29) is 32.5 Å². The molecule has 360 valence electrons. The predicted octanol–water partition coefficient (Wildman–Crippen LogP) is 19.8. The summed E-state index contributed by atoms with van der Waals surface area (Å²) in [6.07, 6.45) is 4.46. The van der Waals surface area contributed by atoms with E-state index >= 15 is 0 Å². The summed E-state index contributed by atoms with van der Waals surface area (Å²) in [5.74, 6) is 0. The van der Waals surface area contributed by atoms with Gasteiger partial charge in [-0.2, -0.15) is 0 Å². The van der Waals surface area contributed by atoms with Crippen LogP contribution in [-0.4, -0.2) is 0 Å². The van der Waals surface area contributed by atoms with Crippen molar-refractivity contribution in [2.24, 2.45) is 0 Å². The van der Waals surface area contributed by atoms with E-state index in [1.165, 1.54) is 101 Å². The number of fused-ring (bicyclic) bond motifs is 3. The van der Waals surface area contributed by atoms with Crippen LogP contribution in [0.5, 0.6) is 0 Å². The Kier molecular flexibility index (Phi) is 13.5. The van der Waals surface area contributed by atoms with Crippen molar-refractivity contribution in [2.75, 3.05) is 9.80 Å². The van der Waals surface area contributed by atoms with E-state index in [1.807, 2.05) is 0 Å². The van der Waals surface area contributed by atoms with Gasteiger partial charge in [0.15, 0.2) is 0 Å². The normalized spacial score (nSPS) is 14.6. The fourth-order valence-corrected chi connectivity index (χ4v) is 11.2. The highest BCUT2D eigenvalue weighted by atomic mass is 15.2. The fourth-order valence-electron chi connectivity index (χ4n) is 11.2. The van der Waals surface area contributed by atoms with Gasteiger partial charge in [-0.15, -0.1) is 0 Å². The first kappa shape index (κ1) is 50.8. The second-order valence-corrected chi connectivity index (χ2v) is 24.4. The number of rotatable bonds is 12. The van der Waals surface area contributed by atoms with Crippen molar-refractivity contribution in [1.82, 2.24) is 0 Å². The molecule has 0 saturated heterocycles. The van der Waals surface area contributed by atoms with E-state index < -0.39 is 0 Å². The minimum absolute atomic E-state index is 0.0571. The molecule has 0 heterocycles. The summed E-state index contributed by atoms with van der Waals surface area (Å²) in [5.41, 5.74) is 23.5. The first-order valence-electron chi connectivity index (χ1n) is 26.0. The molecule has 0 bridgehead atoms. The van der Waals surface area contributed by atoms with Crippen LogP contribution in [0.2, 0.25) is 0 Å². The monoisotopic (exact) mass is 907 g/mol. The van der Waals surface area contributed by atoms with Gasteiger partial charge in [0.05, 0.1) is 11.4 Å². The SMILES string of the molecule is CCC(C)(CC)c1ccc(N(c2ccc3c(c2)C(C)(C)C(C)(C)c2cc(N(c4ccc(C(C)(CC)CC)cc4)c4c(C)cc(C(C)(C)C)cc4C)ccc2-3)c2c(C)cc(C(C)(C)C)cc2C)cc1. The molecule has 0 unspecified atom stereocenters. The smallest absolute Gasteiger partial charge is 0.0520 e. The van der Waals surface area contributed by atoms with Crippen molar-refractivity contribution in [3.05, 3.63) is 165 Å². The summed E-state index contributed by atoms with van der Waals surface area (Å²) in [6, 6.07) is 43.4. The second kappa shape index (κ2) is 18.0. The molecule has 0 spiro atoms. The zero-order valence-electron chi connectivity index (χ0n) is 46.1. The fraction of sp³-hybridized carbons (Fsp3) is 0.455. The van der Waals surface area contributed by atoms with Gasteiger partial charge >= 0.3 is 0 Å². The van der Waals surface area contributed by atoms with Crippen LogP contribution >= 0.6 is 0 Å². The Hall–Kier alpha value is -5.08. The molecule has 0 fully saturated rings. The molecule has 2 nitrogen and oxygen atoms in total. The molecule has 68 heavy (non-hydrogen) atoms. The third kappa shape index (κ3) is 8.77. The Bertz CT molecular complexity index is 2550. The number of anilines is 6. The van der Waals surface area contributed by atoms with Gasteiger partial charge in [0.25, 0.3) is 0 Å². The lowest BCUT2D eigenvalue weighted by Gasteiger charge is -2.49. The number of hydrogen-bond donors (Lipinski definition) is 0. The topological polar surface area (TPSA) is 6.48 Å². The number of aryl methyl sites for hydroxylation is 4. The highest BCUT2D eigenvalue weighted by molar-refractivity contribution is 5.88. The van der Waals surface area contributed by atoms with Gasteiger partial charge in [-0.05, 0) is 201 Å². The molecule has 7 rings (SSSR count). The van der Waals surface area contributed by atoms with Gasteiger partial charge in [-0.25, -0.2) is 0 Å². The number of hydrogen-bond acceptors (Lipinski definition) is 2. The van der Waals surface area contributed by atoms with E-state index in [4.69, 9.17) is 0 Å². The standard InChI is InChI=1S/C66H86N2/c1-21-65(19,22-2)47-25-29-51(30-26-47)67(59-43(5)37-49(38-44(59)6)61(9,10)11)53-33-35-55-56-36-34-54(42-58(56)64(17,18)63(15,16)57(55)41-53)68(52-31-27-48(28-32-52)66(20,23-3)24-4)60-45(7)39-50(40-46(60)8)62(12,13)14/h25-42H,21-24H2,1-20H3. The Labute approximate surface area is 414 Å². The number of nitrogens with zero attached hydrogens (tertiary/aromatic N) is 2. The maximum atomic E-state index is 2.54. The molecule has 0 aliphatic heterocycles. The average molecular weight is 907 g/mol. The Balaban J connectivity index is 1.43. The summed E-state index contributed by atoms with van der Waals surface area (Å²) < 4.78 is 0. The van der Waals surface area contributed by atoms with Gasteiger partial charge in [0.2, 0.25) is 0 Å². The molecule has 0 aromatic heterocycles. The summed E-state index contributed by atoms with van der Waals surface area (Å²) >= 11 is 0. The predicted molar refractivity (Wildman–Crippen MR) is 300 cm³/mol. The van der Waals surface area contributed by atoms with Gasteiger partial charge in [-0.3, -0.25) is 0 Å². The van der Waals surface area contributed by atoms with Gasteiger partial charge in [0.1, 0.15) is 0 Å². The number of benzene rings is 6. The molecular formula is C66H86N2. The third-order valence-electron chi connectivity index (χ3n) is 17.6. The van der Waals surface area contributed by atoms with Gasteiger partial charge in [0, 0.05) is 22.7 Å². The highest BCUT2D eigenvalue weighted by Gasteiger charge is 2.46. The van der Waals surface area contributed by atoms with E-state index in [1.54, 1.807) is 0 Å². The molecule has 2 heteroatoms. The van der Waals surface area contributed by atoms with E-state index in [9.17, 15) is 0 Å². The molecule has 0 N–H and O–H groups in total. The molecule has 0 amide bonds. The lowest BCUT2D eigenvalue weighted by molar-refractivity contribution is 0.299. The molecular weight excluding hydrogens is 821 g/mol.